The number of hydrogen-bond acceptors (Lipinski definition) is 4. The predicted octanol–water partition coefficient (Wildman–Crippen LogP) is 3.56. The molecule has 0 radical (unpaired) electrons. The summed E-state index contributed by atoms with van der Waals surface area (Å²) in [6.07, 6.45) is 0. The first-order chi connectivity index (χ1) is 13.5. The number of aromatic nitrogens is 1. The van der Waals surface area contributed by atoms with Crippen molar-refractivity contribution in [3.05, 3.63) is 68.4 Å². The molecule has 0 saturated heterocycles. The molecule has 3 aromatic rings. The largest absolute Gasteiger partial charge is 0.486 e. The summed E-state index contributed by atoms with van der Waals surface area (Å²) in [5.74, 6) is 1.03. The molecule has 28 heavy (non-hydrogen) atoms. The van der Waals surface area contributed by atoms with Crippen molar-refractivity contribution in [3.8, 4) is 11.5 Å². The van der Waals surface area contributed by atoms with E-state index in [1.165, 1.54) is 10.6 Å². The Morgan fingerprint density at radius 3 is 2.57 bits per heavy atom. The van der Waals surface area contributed by atoms with E-state index in [-0.39, 0.29) is 17.5 Å². The summed E-state index contributed by atoms with van der Waals surface area (Å²) in [6, 6.07) is 12.2. The number of para-hydroxylation sites is 1. The number of ether oxygens (including phenoxy) is 2. The lowest BCUT2D eigenvalue weighted by Crippen LogP contribution is -2.29. The smallest absolute Gasteiger partial charge is 0.252 e. The molecule has 0 fully saturated rings. The highest BCUT2D eigenvalue weighted by Crippen LogP contribution is 2.37. The van der Waals surface area contributed by atoms with Crippen LogP contribution < -0.4 is 20.3 Å². The molecule has 1 N–H and O–H groups in total. The number of nitrogens with one attached hydrogen (secondary N) is 1. The SMILES string of the molecule is CC(NC(=O)c1cc(=O)n(C)c2ccccc12)c1cc2c(cc1Br)OCCO2. The van der Waals surface area contributed by atoms with Crippen LogP contribution in [0.15, 0.2) is 51.7 Å². The van der Waals surface area contributed by atoms with Gasteiger partial charge in [0.15, 0.2) is 11.5 Å². The number of carbonyl (C=O) groups excluding carboxylic acids is 1. The first-order valence-electron chi connectivity index (χ1n) is 8.94. The highest BCUT2D eigenvalue weighted by atomic mass is 79.9. The Balaban J connectivity index is 1.67. The van der Waals surface area contributed by atoms with Gasteiger partial charge in [0.2, 0.25) is 0 Å². The van der Waals surface area contributed by atoms with Crippen LogP contribution in [0.3, 0.4) is 0 Å². The fraction of sp³-hybridized carbons (Fsp3) is 0.238. The third kappa shape index (κ3) is 3.26. The standard InChI is InChI=1S/C21H19BrN2O4/c1-12(14-9-18-19(11-16(14)22)28-8-7-27-18)23-21(26)15-10-20(25)24(2)17-6-4-3-5-13(15)17/h3-6,9-12H,7-8H2,1-2H3,(H,23,26). The number of pyridine rings is 1. The topological polar surface area (TPSA) is 69.6 Å². The lowest BCUT2D eigenvalue weighted by molar-refractivity contribution is 0.0941. The van der Waals surface area contributed by atoms with Crippen molar-refractivity contribution in [2.45, 2.75) is 13.0 Å². The van der Waals surface area contributed by atoms with Crippen molar-refractivity contribution in [2.75, 3.05) is 13.2 Å². The number of aryl methyl sites for hydroxylation is 1. The van der Waals surface area contributed by atoms with Gasteiger partial charge in [-0.1, -0.05) is 34.1 Å². The van der Waals surface area contributed by atoms with Crippen LogP contribution in [-0.2, 0) is 7.05 Å². The summed E-state index contributed by atoms with van der Waals surface area (Å²) in [5, 5.41) is 3.72. The molecule has 2 heterocycles. The summed E-state index contributed by atoms with van der Waals surface area (Å²) in [6.45, 7) is 2.90. The monoisotopic (exact) mass is 442 g/mol. The zero-order valence-electron chi connectivity index (χ0n) is 15.5. The van der Waals surface area contributed by atoms with E-state index in [9.17, 15) is 9.59 Å². The first-order valence-corrected chi connectivity index (χ1v) is 9.73. The maximum atomic E-state index is 13.0. The van der Waals surface area contributed by atoms with Gasteiger partial charge in [-0.05, 0) is 30.7 Å². The van der Waals surface area contributed by atoms with Crippen LogP contribution in [0, 0.1) is 0 Å². The van der Waals surface area contributed by atoms with E-state index in [1.807, 2.05) is 43.3 Å². The molecule has 1 unspecified atom stereocenters. The third-order valence-electron chi connectivity index (χ3n) is 4.87. The summed E-state index contributed by atoms with van der Waals surface area (Å²) in [7, 11) is 1.70. The van der Waals surface area contributed by atoms with Crippen LogP contribution in [0.4, 0.5) is 0 Å². The van der Waals surface area contributed by atoms with E-state index in [1.54, 1.807) is 7.05 Å². The Kier molecular flexibility index (Phi) is 4.85. The van der Waals surface area contributed by atoms with Crippen molar-refractivity contribution in [1.82, 2.24) is 9.88 Å². The van der Waals surface area contributed by atoms with Gasteiger partial charge in [-0.2, -0.15) is 0 Å². The first kappa shape index (κ1) is 18.6. The fourth-order valence-electron chi connectivity index (χ4n) is 3.36. The maximum absolute atomic E-state index is 13.0. The number of benzene rings is 2. The quantitative estimate of drug-likeness (QED) is 0.672. The number of fused-ring (bicyclic) bond motifs is 2. The van der Waals surface area contributed by atoms with E-state index >= 15 is 0 Å². The Morgan fingerprint density at radius 1 is 1.14 bits per heavy atom. The molecule has 0 saturated carbocycles. The molecule has 1 amide bonds. The molecular formula is C21H19BrN2O4. The van der Waals surface area contributed by atoms with Crippen LogP contribution >= 0.6 is 15.9 Å². The second-order valence-electron chi connectivity index (χ2n) is 6.68. The van der Waals surface area contributed by atoms with Gasteiger partial charge in [-0.15, -0.1) is 0 Å². The Hall–Kier alpha value is -2.80. The molecule has 2 aromatic carbocycles. The van der Waals surface area contributed by atoms with Crippen LogP contribution in [0.5, 0.6) is 11.5 Å². The molecule has 144 valence electrons. The van der Waals surface area contributed by atoms with E-state index in [4.69, 9.17) is 9.47 Å². The van der Waals surface area contributed by atoms with Crippen LogP contribution in [-0.4, -0.2) is 23.7 Å². The van der Waals surface area contributed by atoms with Gasteiger partial charge in [0.1, 0.15) is 13.2 Å². The summed E-state index contributed by atoms with van der Waals surface area (Å²) >= 11 is 3.54. The molecule has 1 aromatic heterocycles. The maximum Gasteiger partial charge on any atom is 0.252 e. The Labute approximate surface area is 170 Å². The van der Waals surface area contributed by atoms with E-state index in [0.29, 0.717) is 35.8 Å². The van der Waals surface area contributed by atoms with Gasteiger partial charge in [-0.3, -0.25) is 9.59 Å². The van der Waals surface area contributed by atoms with Gasteiger partial charge in [0, 0.05) is 23.0 Å². The normalized spacial score (nSPS) is 14.0. The molecule has 1 aliphatic heterocycles. The zero-order valence-corrected chi connectivity index (χ0v) is 17.1. The van der Waals surface area contributed by atoms with Crippen LogP contribution in [0.25, 0.3) is 10.9 Å². The van der Waals surface area contributed by atoms with Gasteiger partial charge >= 0.3 is 0 Å². The number of hydrogen-bond donors (Lipinski definition) is 1. The van der Waals surface area contributed by atoms with Gasteiger partial charge in [0.25, 0.3) is 11.5 Å². The van der Waals surface area contributed by atoms with Crippen molar-refractivity contribution in [1.29, 1.82) is 0 Å². The number of halogens is 1. The number of nitrogens with zero attached hydrogens (tertiary/aromatic N) is 1. The van der Waals surface area contributed by atoms with Crippen molar-refractivity contribution in [2.24, 2.45) is 7.05 Å². The van der Waals surface area contributed by atoms with Crippen LogP contribution in [0.2, 0.25) is 0 Å². The molecule has 4 rings (SSSR count). The van der Waals surface area contributed by atoms with Crippen molar-refractivity contribution in [3.63, 3.8) is 0 Å². The van der Waals surface area contributed by atoms with Gasteiger partial charge in [-0.25, -0.2) is 0 Å². The number of amides is 1. The third-order valence-corrected chi connectivity index (χ3v) is 5.56. The minimum absolute atomic E-state index is 0.225. The zero-order chi connectivity index (χ0) is 19.8. The highest BCUT2D eigenvalue weighted by Gasteiger charge is 2.21. The summed E-state index contributed by atoms with van der Waals surface area (Å²) in [5.41, 5.74) is 1.72. The number of rotatable bonds is 3. The summed E-state index contributed by atoms with van der Waals surface area (Å²) < 4.78 is 13.6. The fourth-order valence-corrected chi connectivity index (χ4v) is 4.03. The Morgan fingerprint density at radius 2 is 1.82 bits per heavy atom. The van der Waals surface area contributed by atoms with E-state index < -0.39 is 0 Å². The highest BCUT2D eigenvalue weighted by molar-refractivity contribution is 9.10. The molecule has 1 atom stereocenters. The Bertz CT molecular complexity index is 1140. The molecule has 1 aliphatic rings. The second kappa shape index (κ2) is 7.31. The average Bonchev–Trinajstić information content (AvgIpc) is 2.70. The van der Waals surface area contributed by atoms with Crippen molar-refractivity contribution < 1.29 is 14.3 Å². The lowest BCUT2D eigenvalue weighted by atomic mass is 10.0. The number of carbonyl (C=O) groups is 1. The molecule has 6 nitrogen and oxygen atoms in total. The molecule has 0 aliphatic carbocycles. The predicted molar refractivity (Wildman–Crippen MR) is 110 cm³/mol. The molecule has 7 heteroatoms. The average molecular weight is 443 g/mol. The second-order valence-corrected chi connectivity index (χ2v) is 7.54. The minimum atomic E-state index is -0.305. The summed E-state index contributed by atoms with van der Waals surface area (Å²) in [4.78, 5) is 25.2. The molecule has 0 bridgehead atoms. The van der Waals surface area contributed by atoms with Gasteiger partial charge in [0.05, 0.1) is 17.1 Å². The molecule has 0 spiro atoms. The van der Waals surface area contributed by atoms with E-state index in [2.05, 4.69) is 21.2 Å². The van der Waals surface area contributed by atoms with Crippen LogP contribution in [0.1, 0.15) is 28.9 Å². The minimum Gasteiger partial charge on any atom is -0.486 e. The van der Waals surface area contributed by atoms with E-state index in [0.717, 1.165) is 15.4 Å². The van der Waals surface area contributed by atoms with Gasteiger partial charge < -0.3 is 19.4 Å². The molecular weight excluding hydrogens is 424 g/mol. The van der Waals surface area contributed by atoms with Crippen molar-refractivity contribution >= 4 is 32.7 Å². The lowest BCUT2D eigenvalue weighted by Gasteiger charge is -2.22.